The van der Waals surface area contributed by atoms with E-state index in [1.165, 1.54) is 0 Å². The van der Waals surface area contributed by atoms with E-state index in [2.05, 4.69) is 5.32 Å². The SMILES string of the molecule is CCOC(=O)C1(Cc2cccc(OC)c2)CCNCC1. The molecule has 1 aromatic carbocycles. The molecule has 2 rings (SSSR count). The van der Waals surface area contributed by atoms with Gasteiger partial charge in [-0.15, -0.1) is 0 Å². The molecule has 1 aromatic rings. The molecule has 4 nitrogen and oxygen atoms in total. The highest BCUT2D eigenvalue weighted by Gasteiger charge is 2.40. The number of rotatable bonds is 5. The van der Waals surface area contributed by atoms with Gasteiger partial charge >= 0.3 is 5.97 Å². The van der Waals surface area contributed by atoms with E-state index in [1.807, 2.05) is 31.2 Å². The van der Waals surface area contributed by atoms with Gasteiger partial charge in [0, 0.05) is 0 Å². The summed E-state index contributed by atoms with van der Waals surface area (Å²) in [5, 5.41) is 3.31. The molecule has 0 saturated carbocycles. The number of esters is 1. The van der Waals surface area contributed by atoms with E-state index < -0.39 is 5.41 Å². The fraction of sp³-hybridized carbons (Fsp3) is 0.562. The Morgan fingerprint density at radius 3 is 2.75 bits per heavy atom. The highest BCUT2D eigenvalue weighted by atomic mass is 16.5. The first kappa shape index (κ1) is 14.9. The van der Waals surface area contributed by atoms with Crippen molar-refractivity contribution in [1.29, 1.82) is 0 Å². The molecular weight excluding hydrogens is 254 g/mol. The first-order valence-electron chi connectivity index (χ1n) is 7.21. The number of nitrogens with one attached hydrogen (secondary N) is 1. The lowest BCUT2D eigenvalue weighted by Crippen LogP contribution is -2.44. The predicted molar refractivity (Wildman–Crippen MR) is 77.9 cm³/mol. The quantitative estimate of drug-likeness (QED) is 0.838. The fourth-order valence-electron chi connectivity index (χ4n) is 2.82. The lowest BCUT2D eigenvalue weighted by atomic mass is 9.74. The summed E-state index contributed by atoms with van der Waals surface area (Å²) in [6, 6.07) is 7.94. The summed E-state index contributed by atoms with van der Waals surface area (Å²) in [5.74, 6) is 0.764. The minimum absolute atomic E-state index is 0.0654. The Kier molecular flexibility index (Phi) is 5.01. The summed E-state index contributed by atoms with van der Waals surface area (Å²) in [6.07, 6.45) is 2.36. The van der Waals surface area contributed by atoms with Crippen molar-refractivity contribution in [3.05, 3.63) is 29.8 Å². The average Bonchev–Trinajstić information content (AvgIpc) is 2.48. The summed E-state index contributed by atoms with van der Waals surface area (Å²) in [5.41, 5.74) is 0.729. The Balaban J connectivity index is 2.20. The molecular formula is C16H23NO3. The van der Waals surface area contributed by atoms with Crippen molar-refractivity contribution in [3.8, 4) is 5.75 Å². The second-order valence-corrected chi connectivity index (χ2v) is 5.28. The third-order valence-corrected chi connectivity index (χ3v) is 3.95. The number of methoxy groups -OCH3 is 1. The molecule has 1 heterocycles. The lowest BCUT2D eigenvalue weighted by molar-refractivity contribution is -0.157. The van der Waals surface area contributed by atoms with Crippen LogP contribution >= 0.6 is 0 Å². The van der Waals surface area contributed by atoms with Crippen molar-refractivity contribution in [2.24, 2.45) is 5.41 Å². The van der Waals surface area contributed by atoms with Crippen molar-refractivity contribution in [3.63, 3.8) is 0 Å². The van der Waals surface area contributed by atoms with Gasteiger partial charge in [0.1, 0.15) is 5.75 Å². The zero-order valence-corrected chi connectivity index (χ0v) is 12.3. The Labute approximate surface area is 120 Å². The summed E-state index contributed by atoms with van der Waals surface area (Å²) in [4.78, 5) is 12.4. The van der Waals surface area contributed by atoms with Crippen LogP contribution in [0.5, 0.6) is 5.75 Å². The summed E-state index contributed by atoms with van der Waals surface area (Å²) in [6.45, 7) is 4.02. The van der Waals surface area contributed by atoms with Gasteiger partial charge < -0.3 is 14.8 Å². The standard InChI is InChI=1S/C16H23NO3/c1-3-20-15(18)16(7-9-17-10-8-16)12-13-5-4-6-14(11-13)19-2/h4-6,11,17H,3,7-10,12H2,1-2H3. The first-order valence-corrected chi connectivity index (χ1v) is 7.21. The van der Waals surface area contributed by atoms with Crippen LogP contribution in [0.1, 0.15) is 25.3 Å². The van der Waals surface area contributed by atoms with Gasteiger partial charge in [-0.05, 0) is 57.0 Å². The highest BCUT2D eigenvalue weighted by Crippen LogP contribution is 2.35. The normalized spacial score (nSPS) is 17.5. The van der Waals surface area contributed by atoms with Gasteiger partial charge in [0.15, 0.2) is 0 Å². The molecule has 0 radical (unpaired) electrons. The Bertz CT molecular complexity index is 453. The largest absolute Gasteiger partial charge is 0.497 e. The number of hydrogen-bond acceptors (Lipinski definition) is 4. The molecule has 110 valence electrons. The van der Waals surface area contributed by atoms with Crippen LogP contribution in [-0.4, -0.2) is 32.8 Å². The van der Waals surface area contributed by atoms with Crippen molar-refractivity contribution in [1.82, 2.24) is 5.32 Å². The van der Waals surface area contributed by atoms with Crippen LogP contribution in [0.2, 0.25) is 0 Å². The van der Waals surface area contributed by atoms with Gasteiger partial charge in [-0.2, -0.15) is 0 Å². The van der Waals surface area contributed by atoms with E-state index in [9.17, 15) is 4.79 Å². The van der Waals surface area contributed by atoms with Crippen LogP contribution < -0.4 is 10.1 Å². The van der Waals surface area contributed by atoms with Crippen LogP contribution in [-0.2, 0) is 16.0 Å². The molecule has 0 unspecified atom stereocenters. The Morgan fingerprint density at radius 1 is 1.35 bits per heavy atom. The van der Waals surface area contributed by atoms with Crippen LogP contribution in [0.3, 0.4) is 0 Å². The molecule has 1 N–H and O–H groups in total. The van der Waals surface area contributed by atoms with Crippen LogP contribution in [0.4, 0.5) is 0 Å². The van der Waals surface area contributed by atoms with E-state index in [-0.39, 0.29) is 5.97 Å². The maximum absolute atomic E-state index is 12.4. The zero-order chi connectivity index (χ0) is 14.4. The van der Waals surface area contributed by atoms with E-state index in [1.54, 1.807) is 7.11 Å². The monoisotopic (exact) mass is 277 g/mol. The van der Waals surface area contributed by atoms with E-state index in [0.717, 1.165) is 37.2 Å². The highest BCUT2D eigenvalue weighted by molar-refractivity contribution is 5.77. The minimum atomic E-state index is -0.395. The summed E-state index contributed by atoms with van der Waals surface area (Å²) >= 11 is 0. The maximum atomic E-state index is 12.4. The smallest absolute Gasteiger partial charge is 0.312 e. The van der Waals surface area contributed by atoms with E-state index in [0.29, 0.717) is 13.0 Å². The van der Waals surface area contributed by atoms with Crippen LogP contribution in [0.25, 0.3) is 0 Å². The molecule has 0 aromatic heterocycles. The van der Waals surface area contributed by atoms with Crippen molar-refractivity contribution < 1.29 is 14.3 Å². The van der Waals surface area contributed by atoms with Crippen LogP contribution in [0, 0.1) is 5.41 Å². The molecule has 1 aliphatic heterocycles. The van der Waals surface area contributed by atoms with E-state index >= 15 is 0 Å². The summed E-state index contributed by atoms with van der Waals surface area (Å²) in [7, 11) is 1.66. The zero-order valence-electron chi connectivity index (χ0n) is 12.3. The molecule has 1 fully saturated rings. The number of benzene rings is 1. The Morgan fingerprint density at radius 2 is 2.10 bits per heavy atom. The van der Waals surface area contributed by atoms with Gasteiger partial charge in [-0.25, -0.2) is 0 Å². The minimum Gasteiger partial charge on any atom is -0.497 e. The molecule has 0 atom stereocenters. The second-order valence-electron chi connectivity index (χ2n) is 5.28. The second kappa shape index (κ2) is 6.75. The lowest BCUT2D eigenvalue weighted by Gasteiger charge is -2.35. The van der Waals surface area contributed by atoms with Crippen molar-refractivity contribution >= 4 is 5.97 Å². The Hall–Kier alpha value is -1.55. The van der Waals surface area contributed by atoms with Crippen LogP contribution in [0.15, 0.2) is 24.3 Å². The third kappa shape index (κ3) is 3.31. The number of hydrogen-bond donors (Lipinski definition) is 1. The van der Waals surface area contributed by atoms with Gasteiger partial charge in [0.25, 0.3) is 0 Å². The molecule has 0 amide bonds. The molecule has 0 spiro atoms. The maximum Gasteiger partial charge on any atom is 0.312 e. The third-order valence-electron chi connectivity index (χ3n) is 3.95. The van der Waals surface area contributed by atoms with Gasteiger partial charge in [0.05, 0.1) is 19.1 Å². The number of carbonyl (C=O) groups is 1. The molecule has 1 saturated heterocycles. The van der Waals surface area contributed by atoms with E-state index in [4.69, 9.17) is 9.47 Å². The number of piperidine rings is 1. The topological polar surface area (TPSA) is 47.6 Å². The fourth-order valence-corrected chi connectivity index (χ4v) is 2.82. The number of carbonyl (C=O) groups excluding carboxylic acids is 1. The molecule has 0 bridgehead atoms. The molecule has 0 aliphatic carbocycles. The average molecular weight is 277 g/mol. The van der Waals surface area contributed by atoms with Crippen molar-refractivity contribution in [2.45, 2.75) is 26.2 Å². The summed E-state index contributed by atoms with van der Waals surface area (Å²) < 4.78 is 10.6. The number of ether oxygens (including phenoxy) is 2. The molecule has 1 aliphatic rings. The predicted octanol–water partition coefficient (Wildman–Crippen LogP) is 2.17. The van der Waals surface area contributed by atoms with Gasteiger partial charge in [-0.3, -0.25) is 4.79 Å². The molecule has 20 heavy (non-hydrogen) atoms. The van der Waals surface area contributed by atoms with Gasteiger partial charge in [-0.1, -0.05) is 12.1 Å². The van der Waals surface area contributed by atoms with Crippen molar-refractivity contribution in [2.75, 3.05) is 26.8 Å². The van der Waals surface area contributed by atoms with Gasteiger partial charge in [0.2, 0.25) is 0 Å². The molecule has 4 heteroatoms. The first-order chi connectivity index (χ1) is 9.70.